The SMILES string of the molecule is Cc1nc(C2(N)CC2)c(C)[nH]1. The predicted octanol–water partition coefficient (Wildman–Crippen LogP) is 0.974. The summed E-state index contributed by atoms with van der Waals surface area (Å²) in [5.41, 5.74) is 8.10. The van der Waals surface area contributed by atoms with Crippen molar-refractivity contribution in [3.05, 3.63) is 17.2 Å². The molecule has 3 N–H and O–H groups in total. The van der Waals surface area contributed by atoms with Crippen molar-refractivity contribution in [3.8, 4) is 0 Å². The number of nitrogens with zero attached hydrogens (tertiary/aromatic N) is 1. The van der Waals surface area contributed by atoms with E-state index in [0.29, 0.717) is 0 Å². The molecule has 3 nitrogen and oxygen atoms in total. The van der Waals surface area contributed by atoms with Crippen LogP contribution in [0.5, 0.6) is 0 Å². The van der Waals surface area contributed by atoms with Crippen LogP contribution in [0.25, 0.3) is 0 Å². The van der Waals surface area contributed by atoms with E-state index in [0.717, 1.165) is 30.1 Å². The molecular weight excluding hydrogens is 138 g/mol. The first-order chi connectivity index (χ1) is 5.12. The third-order valence-electron chi connectivity index (χ3n) is 2.26. The smallest absolute Gasteiger partial charge is 0.103 e. The molecule has 0 bridgehead atoms. The van der Waals surface area contributed by atoms with Gasteiger partial charge in [-0.1, -0.05) is 0 Å². The number of nitrogens with one attached hydrogen (secondary N) is 1. The lowest BCUT2D eigenvalue weighted by molar-refractivity contribution is 0.705. The molecule has 11 heavy (non-hydrogen) atoms. The van der Waals surface area contributed by atoms with Crippen molar-refractivity contribution in [2.45, 2.75) is 32.2 Å². The molecule has 0 unspecified atom stereocenters. The average molecular weight is 151 g/mol. The molecule has 2 rings (SSSR count). The van der Waals surface area contributed by atoms with E-state index in [4.69, 9.17) is 5.73 Å². The minimum atomic E-state index is -0.0884. The molecule has 0 radical (unpaired) electrons. The van der Waals surface area contributed by atoms with E-state index in [1.807, 2.05) is 13.8 Å². The number of aromatic nitrogens is 2. The first-order valence-electron chi connectivity index (χ1n) is 3.94. The van der Waals surface area contributed by atoms with Gasteiger partial charge < -0.3 is 10.7 Å². The lowest BCUT2D eigenvalue weighted by Gasteiger charge is -2.04. The number of hydrogen-bond donors (Lipinski definition) is 2. The zero-order valence-electron chi connectivity index (χ0n) is 6.94. The third-order valence-corrected chi connectivity index (χ3v) is 2.26. The fraction of sp³-hybridized carbons (Fsp3) is 0.625. The maximum atomic E-state index is 6.00. The highest BCUT2D eigenvalue weighted by Crippen LogP contribution is 2.42. The van der Waals surface area contributed by atoms with Crippen molar-refractivity contribution in [1.82, 2.24) is 9.97 Å². The summed E-state index contributed by atoms with van der Waals surface area (Å²) in [6.07, 6.45) is 2.16. The number of aromatic amines is 1. The normalized spacial score (nSPS) is 20.3. The van der Waals surface area contributed by atoms with Gasteiger partial charge in [0.05, 0.1) is 11.2 Å². The fourth-order valence-corrected chi connectivity index (χ4v) is 1.47. The average Bonchev–Trinajstić information content (AvgIpc) is 2.55. The van der Waals surface area contributed by atoms with Crippen LogP contribution < -0.4 is 5.73 Å². The lowest BCUT2D eigenvalue weighted by Crippen LogP contribution is -2.20. The van der Waals surface area contributed by atoms with Crippen molar-refractivity contribution < 1.29 is 0 Å². The van der Waals surface area contributed by atoms with E-state index in [1.165, 1.54) is 0 Å². The zero-order valence-corrected chi connectivity index (χ0v) is 6.94. The van der Waals surface area contributed by atoms with Crippen LogP contribution in [0.3, 0.4) is 0 Å². The zero-order chi connectivity index (χ0) is 8.06. The molecule has 1 saturated carbocycles. The summed E-state index contributed by atoms with van der Waals surface area (Å²) in [6.45, 7) is 3.99. The van der Waals surface area contributed by atoms with Gasteiger partial charge in [0.25, 0.3) is 0 Å². The maximum absolute atomic E-state index is 6.00. The second-order valence-electron chi connectivity index (χ2n) is 3.45. The van der Waals surface area contributed by atoms with Crippen LogP contribution in [0.15, 0.2) is 0 Å². The standard InChI is InChI=1S/C8H13N3/c1-5-7(8(9)3-4-8)11-6(2)10-5/h3-4,9H2,1-2H3,(H,10,11). The Morgan fingerprint density at radius 1 is 1.45 bits per heavy atom. The Bertz CT molecular complexity index is 284. The first kappa shape index (κ1) is 6.85. The largest absolute Gasteiger partial charge is 0.346 e. The van der Waals surface area contributed by atoms with Crippen molar-refractivity contribution in [2.24, 2.45) is 5.73 Å². The second-order valence-corrected chi connectivity index (χ2v) is 3.45. The van der Waals surface area contributed by atoms with Gasteiger partial charge in [-0.05, 0) is 26.7 Å². The van der Waals surface area contributed by atoms with E-state index < -0.39 is 0 Å². The minimum Gasteiger partial charge on any atom is -0.346 e. The second kappa shape index (κ2) is 1.85. The molecule has 1 aliphatic carbocycles. The molecule has 60 valence electrons. The van der Waals surface area contributed by atoms with Crippen molar-refractivity contribution in [1.29, 1.82) is 0 Å². The molecule has 1 aromatic rings. The Morgan fingerprint density at radius 2 is 2.09 bits per heavy atom. The molecule has 1 fully saturated rings. The molecular formula is C8H13N3. The summed E-state index contributed by atoms with van der Waals surface area (Å²) in [4.78, 5) is 7.53. The van der Waals surface area contributed by atoms with Gasteiger partial charge in [0.15, 0.2) is 0 Å². The third kappa shape index (κ3) is 0.959. The van der Waals surface area contributed by atoms with Gasteiger partial charge in [0, 0.05) is 5.69 Å². The summed E-state index contributed by atoms with van der Waals surface area (Å²) in [5, 5.41) is 0. The molecule has 0 saturated heterocycles. The van der Waals surface area contributed by atoms with Crippen molar-refractivity contribution >= 4 is 0 Å². The molecule has 1 aromatic heterocycles. The summed E-state index contributed by atoms with van der Waals surface area (Å²) in [7, 11) is 0. The number of H-pyrrole nitrogens is 1. The van der Waals surface area contributed by atoms with Gasteiger partial charge >= 0.3 is 0 Å². The van der Waals surface area contributed by atoms with Crippen LogP contribution in [0.1, 0.15) is 30.1 Å². The highest BCUT2D eigenvalue weighted by molar-refractivity contribution is 5.27. The lowest BCUT2D eigenvalue weighted by atomic mass is 10.2. The number of nitrogens with two attached hydrogens (primary N) is 1. The van der Waals surface area contributed by atoms with Gasteiger partial charge in [0.1, 0.15) is 5.82 Å². The Kier molecular flexibility index (Phi) is 1.16. The van der Waals surface area contributed by atoms with E-state index in [2.05, 4.69) is 9.97 Å². The molecule has 0 aliphatic heterocycles. The Morgan fingerprint density at radius 3 is 2.45 bits per heavy atom. The minimum absolute atomic E-state index is 0.0884. The van der Waals surface area contributed by atoms with E-state index in [9.17, 15) is 0 Å². The molecule has 0 aromatic carbocycles. The van der Waals surface area contributed by atoms with Gasteiger partial charge in [-0.25, -0.2) is 4.98 Å². The van der Waals surface area contributed by atoms with Gasteiger partial charge in [0.2, 0.25) is 0 Å². The predicted molar refractivity (Wildman–Crippen MR) is 43.2 cm³/mol. The fourth-order valence-electron chi connectivity index (χ4n) is 1.47. The van der Waals surface area contributed by atoms with Crippen LogP contribution in [-0.2, 0) is 5.54 Å². The molecule has 1 aliphatic rings. The van der Waals surface area contributed by atoms with Crippen molar-refractivity contribution in [2.75, 3.05) is 0 Å². The van der Waals surface area contributed by atoms with E-state index in [-0.39, 0.29) is 5.54 Å². The Labute approximate surface area is 66.0 Å². The number of imidazole rings is 1. The summed E-state index contributed by atoms with van der Waals surface area (Å²) >= 11 is 0. The quantitative estimate of drug-likeness (QED) is 0.628. The highest BCUT2D eigenvalue weighted by atomic mass is 15.0. The van der Waals surface area contributed by atoms with Gasteiger partial charge in [-0.2, -0.15) is 0 Å². The maximum Gasteiger partial charge on any atom is 0.103 e. The molecule has 0 spiro atoms. The Balaban J connectivity index is 2.44. The number of rotatable bonds is 1. The van der Waals surface area contributed by atoms with Gasteiger partial charge in [-0.15, -0.1) is 0 Å². The molecule has 0 amide bonds. The van der Waals surface area contributed by atoms with E-state index >= 15 is 0 Å². The first-order valence-corrected chi connectivity index (χ1v) is 3.94. The molecule has 0 atom stereocenters. The number of aryl methyl sites for hydroxylation is 2. The Hall–Kier alpha value is -0.830. The van der Waals surface area contributed by atoms with Crippen LogP contribution in [-0.4, -0.2) is 9.97 Å². The topological polar surface area (TPSA) is 54.7 Å². The highest BCUT2D eigenvalue weighted by Gasteiger charge is 2.43. The van der Waals surface area contributed by atoms with Crippen LogP contribution in [0.2, 0.25) is 0 Å². The van der Waals surface area contributed by atoms with E-state index in [1.54, 1.807) is 0 Å². The van der Waals surface area contributed by atoms with Gasteiger partial charge in [-0.3, -0.25) is 0 Å². The molecule has 3 heteroatoms. The number of hydrogen-bond acceptors (Lipinski definition) is 2. The summed E-state index contributed by atoms with van der Waals surface area (Å²) in [6, 6.07) is 0. The van der Waals surface area contributed by atoms with Crippen molar-refractivity contribution in [3.63, 3.8) is 0 Å². The van der Waals surface area contributed by atoms with Crippen LogP contribution >= 0.6 is 0 Å². The summed E-state index contributed by atoms with van der Waals surface area (Å²) in [5.74, 6) is 0.967. The van der Waals surface area contributed by atoms with Crippen LogP contribution in [0, 0.1) is 13.8 Å². The monoisotopic (exact) mass is 151 g/mol. The molecule has 1 heterocycles. The van der Waals surface area contributed by atoms with Crippen LogP contribution in [0.4, 0.5) is 0 Å². The summed E-state index contributed by atoms with van der Waals surface area (Å²) < 4.78 is 0.